The van der Waals surface area contributed by atoms with Gasteiger partial charge in [0.1, 0.15) is 6.54 Å². The highest BCUT2D eigenvalue weighted by Crippen LogP contribution is 2.39. The molecule has 2 N–H and O–H groups in total. The smallest absolute Gasteiger partial charge is 0.390 e. The molecule has 3 aromatic rings. The fourth-order valence-electron chi connectivity index (χ4n) is 5.54. The van der Waals surface area contributed by atoms with Gasteiger partial charge in [0.2, 0.25) is 5.95 Å². The second kappa shape index (κ2) is 14.6. The Labute approximate surface area is 286 Å². The zero-order valence-corrected chi connectivity index (χ0v) is 30.9. The highest BCUT2D eigenvalue weighted by Gasteiger charge is 2.31. The quantitative estimate of drug-likeness (QED) is 0.191. The maximum absolute atomic E-state index is 14.0. The van der Waals surface area contributed by atoms with Crippen molar-refractivity contribution in [2.45, 2.75) is 65.7 Å². The van der Waals surface area contributed by atoms with Crippen LogP contribution < -0.4 is 20.9 Å². The summed E-state index contributed by atoms with van der Waals surface area (Å²) in [6.07, 6.45) is 3.08. The lowest BCUT2D eigenvalue weighted by Crippen LogP contribution is -2.46. The third-order valence-corrected chi connectivity index (χ3v) is 8.95. The number of anilines is 1. The van der Waals surface area contributed by atoms with Gasteiger partial charge in [0.25, 0.3) is 11.5 Å². The molecule has 3 rings (SSSR count). The maximum atomic E-state index is 14.0. The second-order valence-corrected chi connectivity index (χ2v) is 19.6. The number of carbonyl (C=O) groups excluding carboxylic acids is 2. The number of fused-ring (bicyclic) bond motifs is 1. The van der Waals surface area contributed by atoms with Crippen LogP contribution in [0, 0.1) is 5.41 Å². The summed E-state index contributed by atoms with van der Waals surface area (Å²) in [7, 11) is 1.67. The van der Waals surface area contributed by atoms with Gasteiger partial charge in [0.15, 0.2) is 11.4 Å². The number of nitrogens with one attached hydrogen (secondary N) is 2. The predicted octanol–water partition coefficient (Wildman–Crippen LogP) is 6.61. The molecule has 0 aliphatic rings. The van der Waals surface area contributed by atoms with Crippen molar-refractivity contribution >= 4 is 50.5 Å². The van der Waals surface area contributed by atoms with Gasteiger partial charge in [-0.05, 0) is 62.1 Å². The maximum Gasteiger partial charge on any atom is 0.390 e. The van der Waals surface area contributed by atoms with E-state index in [2.05, 4.69) is 55.2 Å². The van der Waals surface area contributed by atoms with Crippen molar-refractivity contribution in [3.05, 3.63) is 39.3 Å². The minimum atomic E-state index is -4.41. The normalized spacial score (nSPS) is 13.0. The Bertz CT molecular complexity index is 1720. The van der Waals surface area contributed by atoms with E-state index < -0.39 is 52.1 Å². The second-order valence-electron chi connectivity index (χ2n) is 14.6. The van der Waals surface area contributed by atoms with Crippen LogP contribution in [0.1, 0.15) is 57.8 Å². The van der Waals surface area contributed by atoms with Crippen LogP contribution in [0.15, 0.2) is 23.1 Å². The number of alkyl halides is 3. The number of nitrogens with zero attached hydrogens (tertiary/aromatic N) is 3. The molecular formula is C33H47ClF3N5O5S. The molecule has 0 saturated heterocycles. The molecule has 0 bridgehead atoms. The molecule has 1 amide bonds. The number of amides is 1. The van der Waals surface area contributed by atoms with E-state index >= 15 is 0 Å². The van der Waals surface area contributed by atoms with Gasteiger partial charge in [0.05, 0.1) is 36.1 Å². The molecule has 0 unspecified atom stereocenters. The van der Waals surface area contributed by atoms with Crippen LogP contribution in [-0.4, -0.2) is 82.5 Å². The van der Waals surface area contributed by atoms with Gasteiger partial charge in [-0.1, -0.05) is 32.4 Å². The van der Waals surface area contributed by atoms with Crippen LogP contribution in [-0.2, 0) is 23.1 Å². The van der Waals surface area contributed by atoms with E-state index in [-0.39, 0.29) is 45.3 Å². The van der Waals surface area contributed by atoms with E-state index in [1.807, 2.05) is 13.8 Å². The minimum Gasteiger partial charge on any atom is -0.490 e. The van der Waals surface area contributed by atoms with Crippen molar-refractivity contribution in [1.29, 1.82) is 0 Å². The average molecular weight is 718 g/mol. The third-order valence-electron chi connectivity index (χ3n) is 7.28. The lowest BCUT2D eigenvalue weighted by molar-refractivity contribution is -0.141. The Morgan fingerprint density at radius 3 is 2.29 bits per heavy atom. The number of aromatic nitrogens is 3. The van der Waals surface area contributed by atoms with E-state index in [4.69, 9.17) is 21.1 Å². The Hall–Kier alpha value is -3.39. The first-order valence-corrected chi connectivity index (χ1v) is 18.7. The van der Waals surface area contributed by atoms with Crippen LogP contribution >= 0.6 is 21.6 Å². The molecule has 0 saturated carbocycles. The average Bonchev–Trinajstić information content (AvgIpc) is 3.26. The highest BCUT2D eigenvalue weighted by atomic mass is 35.5. The number of halogens is 4. The summed E-state index contributed by atoms with van der Waals surface area (Å²) in [6.45, 7) is 9.58. The van der Waals surface area contributed by atoms with E-state index in [0.29, 0.717) is 24.2 Å². The minimum absolute atomic E-state index is 0.0370. The number of methoxy groups -OCH3 is 1. The molecular weight excluding hydrogens is 671 g/mol. The highest BCUT2D eigenvalue weighted by molar-refractivity contribution is 8.32. The van der Waals surface area contributed by atoms with Crippen molar-refractivity contribution in [3.8, 4) is 16.9 Å². The van der Waals surface area contributed by atoms with E-state index in [9.17, 15) is 27.6 Å². The van der Waals surface area contributed by atoms with Gasteiger partial charge in [0, 0.05) is 36.6 Å². The molecule has 0 fully saturated rings. The van der Waals surface area contributed by atoms with E-state index in [0.717, 1.165) is 10.3 Å². The summed E-state index contributed by atoms with van der Waals surface area (Å²) >= 11 is 6.83. The van der Waals surface area contributed by atoms with Gasteiger partial charge in [-0.3, -0.25) is 19.0 Å². The number of hydrogen-bond acceptors (Lipinski definition) is 7. The first-order chi connectivity index (χ1) is 21.9. The molecule has 48 heavy (non-hydrogen) atoms. The number of ether oxygens (including phenoxy) is 2. The van der Waals surface area contributed by atoms with E-state index in [1.165, 1.54) is 24.9 Å². The van der Waals surface area contributed by atoms with Gasteiger partial charge in [-0.15, -0.1) is 0 Å². The number of carbonyl (C=O) groups is 2. The fraction of sp³-hybridized carbons (Fsp3) is 0.576. The van der Waals surface area contributed by atoms with Gasteiger partial charge >= 0.3 is 12.1 Å². The molecule has 268 valence electrons. The zero-order valence-electron chi connectivity index (χ0n) is 29.3. The SMILES string of the molecule is COC(=O)Cn1cc(-c2cc(Cl)c(OCCS(C)(C)C)c(C(=O)NC(C)(C)CC(C)(C)C)c2)c2c(=O)n(C)c(NCCC(F)(F)F)nc21. The van der Waals surface area contributed by atoms with Crippen LogP contribution in [0.25, 0.3) is 22.2 Å². The van der Waals surface area contributed by atoms with Crippen molar-refractivity contribution in [3.63, 3.8) is 0 Å². The summed E-state index contributed by atoms with van der Waals surface area (Å²) in [5.74, 6) is -0.211. The molecule has 2 aromatic heterocycles. The Morgan fingerprint density at radius 1 is 1.08 bits per heavy atom. The topological polar surface area (TPSA) is 116 Å². The standard InChI is InChI=1S/C33H47ClF3N5O5S/c1-31(2,3)19-32(4,5)40-28(44)21-15-20(16-23(34)26(21)47-13-14-48(8,9)10)22-17-42(18-24(43)46-7)27-25(22)29(45)41(6)30(39-27)38-12-11-33(35,36)37/h15-17H,11-14,18-19H2,1-10H3,(H,38,39)(H,40,44). The lowest BCUT2D eigenvalue weighted by atomic mass is 9.81. The first kappa shape index (κ1) is 39.1. The molecule has 0 aliphatic heterocycles. The molecule has 10 nitrogen and oxygen atoms in total. The molecule has 0 spiro atoms. The van der Waals surface area contributed by atoms with E-state index in [1.54, 1.807) is 12.1 Å². The van der Waals surface area contributed by atoms with Crippen LogP contribution in [0.2, 0.25) is 5.02 Å². The number of rotatable bonds is 13. The van der Waals surface area contributed by atoms with Crippen molar-refractivity contribution in [2.75, 3.05) is 50.1 Å². The number of benzene rings is 1. The van der Waals surface area contributed by atoms with Crippen LogP contribution in [0.3, 0.4) is 0 Å². The summed E-state index contributed by atoms with van der Waals surface area (Å²) in [4.78, 5) is 44.6. The zero-order chi connectivity index (χ0) is 36.4. The Balaban J connectivity index is 2.24. The predicted molar refractivity (Wildman–Crippen MR) is 188 cm³/mol. The summed E-state index contributed by atoms with van der Waals surface area (Å²) in [5, 5.41) is 5.89. The molecule has 0 radical (unpaired) electrons. The largest absolute Gasteiger partial charge is 0.490 e. The Kier molecular flexibility index (Phi) is 11.9. The summed E-state index contributed by atoms with van der Waals surface area (Å²) < 4.78 is 52.0. The third kappa shape index (κ3) is 10.6. The van der Waals surface area contributed by atoms with Gasteiger partial charge in [-0.25, -0.2) is 10.0 Å². The molecule has 15 heteroatoms. The molecule has 2 heterocycles. The first-order valence-electron chi connectivity index (χ1n) is 15.3. The fourth-order valence-corrected chi connectivity index (χ4v) is 6.39. The summed E-state index contributed by atoms with van der Waals surface area (Å²) in [5.41, 5.74) is -0.397. The van der Waals surface area contributed by atoms with Gasteiger partial charge < -0.3 is 24.7 Å². The molecule has 0 aliphatic carbocycles. The van der Waals surface area contributed by atoms with Crippen LogP contribution in [0.5, 0.6) is 5.75 Å². The monoisotopic (exact) mass is 717 g/mol. The summed E-state index contributed by atoms with van der Waals surface area (Å²) in [6, 6.07) is 3.16. The van der Waals surface area contributed by atoms with Gasteiger partial charge in [-0.2, -0.15) is 18.2 Å². The lowest BCUT2D eigenvalue weighted by Gasteiger charge is -2.33. The molecule has 1 aromatic carbocycles. The number of esters is 1. The number of hydrogen-bond donors (Lipinski definition) is 2. The Morgan fingerprint density at radius 2 is 1.73 bits per heavy atom. The van der Waals surface area contributed by atoms with Crippen molar-refractivity contribution in [1.82, 2.24) is 19.4 Å². The van der Waals surface area contributed by atoms with Crippen LogP contribution in [0.4, 0.5) is 19.1 Å². The molecule has 0 atom stereocenters. The van der Waals surface area contributed by atoms with Crippen molar-refractivity contribution < 1.29 is 32.2 Å². The van der Waals surface area contributed by atoms with Crippen molar-refractivity contribution in [2.24, 2.45) is 12.5 Å².